The van der Waals surface area contributed by atoms with Crippen LogP contribution >= 0.6 is 0 Å². The van der Waals surface area contributed by atoms with E-state index in [1.54, 1.807) is 20.8 Å². The van der Waals surface area contributed by atoms with Gasteiger partial charge in [-0.15, -0.1) is 0 Å². The number of rotatable bonds is 2. The number of ether oxygens (including phenoxy) is 3. The van der Waals surface area contributed by atoms with Crippen LogP contribution in [0.4, 0.5) is 4.79 Å². The largest absolute Gasteiger partial charge is 0.469 e. The lowest BCUT2D eigenvalue weighted by Gasteiger charge is -2.36. The van der Waals surface area contributed by atoms with Crippen LogP contribution in [0.25, 0.3) is 0 Å². The van der Waals surface area contributed by atoms with E-state index in [2.05, 4.69) is 0 Å². The van der Waals surface area contributed by atoms with Gasteiger partial charge in [0.15, 0.2) is 0 Å². The monoisotopic (exact) mass is 301 g/mol. The predicted octanol–water partition coefficient (Wildman–Crippen LogP) is 1.21. The topological polar surface area (TPSA) is 82.1 Å². The Hall–Kier alpha value is -1.79. The van der Waals surface area contributed by atoms with Gasteiger partial charge >= 0.3 is 18.0 Å². The van der Waals surface area contributed by atoms with Crippen LogP contribution in [-0.2, 0) is 23.8 Å². The molecule has 0 spiro atoms. The van der Waals surface area contributed by atoms with Crippen LogP contribution in [0.1, 0.15) is 27.2 Å². The molecular formula is C14H23NO6. The highest BCUT2D eigenvalue weighted by molar-refractivity contribution is 5.83. The number of carbonyl (C=O) groups excluding carboxylic acids is 3. The number of hydrogen-bond donors (Lipinski definition) is 0. The molecule has 1 heterocycles. The van der Waals surface area contributed by atoms with Gasteiger partial charge in [0.25, 0.3) is 0 Å². The molecule has 1 aliphatic rings. The number of methoxy groups -OCH3 is 2. The van der Waals surface area contributed by atoms with E-state index < -0.39 is 35.5 Å². The molecule has 0 bridgehead atoms. The van der Waals surface area contributed by atoms with Crippen molar-refractivity contribution < 1.29 is 28.6 Å². The molecule has 2 unspecified atom stereocenters. The summed E-state index contributed by atoms with van der Waals surface area (Å²) in [6.45, 7) is 5.72. The van der Waals surface area contributed by atoms with Crippen molar-refractivity contribution in [1.29, 1.82) is 0 Å². The van der Waals surface area contributed by atoms with E-state index in [0.29, 0.717) is 13.0 Å². The lowest BCUT2D eigenvalue weighted by atomic mass is 9.85. The van der Waals surface area contributed by atoms with Crippen LogP contribution < -0.4 is 0 Å². The van der Waals surface area contributed by atoms with Gasteiger partial charge < -0.3 is 19.1 Å². The Morgan fingerprint density at radius 2 is 1.52 bits per heavy atom. The molecule has 0 aromatic heterocycles. The van der Waals surface area contributed by atoms with Crippen molar-refractivity contribution in [3.8, 4) is 0 Å². The van der Waals surface area contributed by atoms with Crippen LogP contribution in [0, 0.1) is 11.8 Å². The number of amides is 1. The lowest BCUT2D eigenvalue weighted by Crippen LogP contribution is -2.50. The molecule has 1 amide bonds. The summed E-state index contributed by atoms with van der Waals surface area (Å²) in [6, 6.07) is 0. The minimum atomic E-state index is -0.733. The van der Waals surface area contributed by atoms with E-state index in [0.717, 1.165) is 0 Å². The fourth-order valence-corrected chi connectivity index (χ4v) is 2.27. The van der Waals surface area contributed by atoms with Crippen LogP contribution in [0.2, 0.25) is 0 Å². The third-order valence-corrected chi connectivity index (χ3v) is 3.27. The zero-order valence-electron chi connectivity index (χ0n) is 13.2. The fourth-order valence-electron chi connectivity index (χ4n) is 2.27. The van der Waals surface area contributed by atoms with Crippen molar-refractivity contribution >= 4 is 18.0 Å². The number of likely N-dealkylation sites (tertiary alicyclic amines) is 1. The first-order valence-electron chi connectivity index (χ1n) is 6.83. The van der Waals surface area contributed by atoms with Gasteiger partial charge in [0.2, 0.25) is 0 Å². The Bertz CT molecular complexity index is 414. The lowest BCUT2D eigenvalue weighted by molar-refractivity contribution is -0.160. The minimum Gasteiger partial charge on any atom is -0.469 e. The average molecular weight is 301 g/mol. The van der Waals surface area contributed by atoms with Gasteiger partial charge in [-0.2, -0.15) is 0 Å². The molecule has 0 radical (unpaired) electrons. The minimum absolute atomic E-state index is 0.0847. The molecule has 21 heavy (non-hydrogen) atoms. The Kier molecular flexibility index (Phi) is 5.57. The van der Waals surface area contributed by atoms with Gasteiger partial charge in [0, 0.05) is 13.1 Å². The van der Waals surface area contributed by atoms with Crippen LogP contribution in [0.3, 0.4) is 0 Å². The Labute approximate surface area is 124 Å². The number of nitrogens with zero attached hydrogens (tertiary/aromatic N) is 1. The third-order valence-electron chi connectivity index (χ3n) is 3.27. The summed E-state index contributed by atoms with van der Waals surface area (Å²) >= 11 is 0. The highest BCUT2D eigenvalue weighted by Gasteiger charge is 2.42. The number of carbonyl (C=O) groups is 3. The first kappa shape index (κ1) is 17.3. The van der Waals surface area contributed by atoms with Crippen LogP contribution in [0.5, 0.6) is 0 Å². The van der Waals surface area contributed by atoms with E-state index in [-0.39, 0.29) is 6.54 Å². The van der Waals surface area contributed by atoms with Crippen molar-refractivity contribution in [1.82, 2.24) is 4.90 Å². The van der Waals surface area contributed by atoms with E-state index >= 15 is 0 Å². The van der Waals surface area contributed by atoms with Gasteiger partial charge in [0.1, 0.15) is 5.60 Å². The zero-order chi connectivity index (χ0) is 16.2. The zero-order valence-corrected chi connectivity index (χ0v) is 13.2. The van der Waals surface area contributed by atoms with E-state index in [4.69, 9.17) is 14.2 Å². The second kappa shape index (κ2) is 6.78. The van der Waals surface area contributed by atoms with Crippen molar-refractivity contribution in [2.45, 2.75) is 32.8 Å². The van der Waals surface area contributed by atoms with E-state index in [9.17, 15) is 14.4 Å². The van der Waals surface area contributed by atoms with Crippen molar-refractivity contribution in [2.24, 2.45) is 11.8 Å². The summed E-state index contributed by atoms with van der Waals surface area (Å²) in [4.78, 5) is 37.1. The fraction of sp³-hybridized carbons (Fsp3) is 0.786. The molecule has 7 nitrogen and oxygen atoms in total. The molecule has 1 fully saturated rings. The summed E-state index contributed by atoms with van der Waals surface area (Å²) in [5.74, 6) is -2.32. The average Bonchev–Trinajstić information content (AvgIpc) is 2.43. The highest BCUT2D eigenvalue weighted by Crippen LogP contribution is 2.27. The van der Waals surface area contributed by atoms with Crippen molar-refractivity contribution in [2.75, 3.05) is 27.3 Å². The van der Waals surface area contributed by atoms with Gasteiger partial charge in [-0.25, -0.2) is 4.79 Å². The molecule has 0 aromatic carbocycles. The molecular weight excluding hydrogens is 278 g/mol. The van der Waals surface area contributed by atoms with Crippen molar-refractivity contribution in [3.63, 3.8) is 0 Å². The van der Waals surface area contributed by atoms with Gasteiger partial charge in [-0.05, 0) is 27.2 Å². The normalized spacial score (nSPS) is 22.4. The molecule has 120 valence electrons. The molecule has 1 saturated heterocycles. The van der Waals surface area contributed by atoms with Gasteiger partial charge in [0.05, 0.1) is 26.1 Å². The van der Waals surface area contributed by atoms with E-state index in [1.165, 1.54) is 19.1 Å². The second-order valence-electron chi connectivity index (χ2n) is 5.97. The highest BCUT2D eigenvalue weighted by atomic mass is 16.6. The van der Waals surface area contributed by atoms with Gasteiger partial charge in [-0.1, -0.05) is 0 Å². The molecule has 2 atom stereocenters. The van der Waals surface area contributed by atoms with E-state index in [1.807, 2.05) is 0 Å². The molecule has 7 heteroatoms. The Morgan fingerprint density at radius 1 is 1.00 bits per heavy atom. The summed E-state index contributed by atoms with van der Waals surface area (Å²) in [7, 11) is 2.53. The molecule has 0 aliphatic carbocycles. The molecule has 1 rings (SSSR count). The first-order valence-corrected chi connectivity index (χ1v) is 6.83. The maximum Gasteiger partial charge on any atom is 0.410 e. The summed E-state index contributed by atoms with van der Waals surface area (Å²) in [6.07, 6.45) is -0.161. The number of hydrogen-bond acceptors (Lipinski definition) is 6. The number of esters is 2. The third kappa shape index (κ3) is 4.61. The van der Waals surface area contributed by atoms with Gasteiger partial charge in [-0.3, -0.25) is 9.59 Å². The number of piperidine rings is 1. The Balaban J connectivity index is 2.81. The molecule has 0 aromatic rings. The standard InChI is InChI=1S/C14H23NO6/c1-14(2,3)21-13(18)15-7-6-9(11(16)19-4)10(8-15)12(17)20-5/h9-10H,6-8H2,1-5H3. The molecule has 0 saturated carbocycles. The maximum absolute atomic E-state index is 12.1. The van der Waals surface area contributed by atoms with Crippen LogP contribution in [-0.4, -0.2) is 55.8 Å². The molecule has 1 aliphatic heterocycles. The SMILES string of the molecule is COC(=O)C1CCN(C(=O)OC(C)(C)C)CC1C(=O)OC. The summed E-state index contributed by atoms with van der Waals surface area (Å²) in [5, 5.41) is 0. The van der Waals surface area contributed by atoms with Crippen LogP contribution in [0.15, 0.2) is 0 Å². The quantitative estimate of drug-likeness (QED) is 0.563. The Morgan fingerprint density at radius 3 is 2.00 bits per heavy atom. The van der Waals surface area contributed by atoms with Crippen molar-refractivity contribution in [3.05, 3.63) is 0 Å². The second-order valence-corrected chi connectivity index (χ2v) is 5.97. The first-order chi connectivity index (χ1) is 9.69. The molecule has 0 N–H and O–H groups in total. The summed E-state index contributed by atoms with van der Waals surface area (Å²) in [5.41, 5.74) is -0.614. The predicted molar refractivity (Wildman–Crippen MR) is 73.4 cm³/mol. The smallest absolute Gasteiger partial charge is 0.410 e. The summed E-state index contributed by atoms with van der Waals surface area (Å²) < 4.78 is 14.7. The maximum atomic E-state index is 12.1.